The number of aryl methyl sites for hydroxylation is 2. The third kappa shape index (κ3) is 2.54. The van der Waals surface area contributed by atoms with Crippen molar-refractivity contribution in [3.05, 3.63) is 45.9 Å². The molecule has 4 nitrogen and oxygen atoms in total. The van der Waals surface area contributed by atoms with E-state index in [1.54, 1.807) is 31.2 Å². The third-order valence-corrected chi connectivity index (χ3v) is 3.02. The summed E-state index contributed by atoms with van der Waals surface area (Å²) >= 11 is 0. The van der Waals surface area contributed by atoms with Gasteiger partial charge in [0.15, 0.2) is 5.75 Å². The molecule has 0 spiro atoms. The van der Waals surface area contributed by atoms with Crippen LogP contribution < -0.4 is 5.56 Å². The lowest BCUT2D eigenvalue weighted by Crippen LogP contribution is -2.28. The summed E-state index contributed by atoms with van der Waals surface area (Å²) in [6, 6.07) is 6.95. The first-order valence-electron chi connectivity index (χ1n) is 6.06. The molecule has 1 aromatic carbocycles. The van der Waals surface area contributed by atoms with Gasteiger partial charge in [-0.1, -0.05) is 24.3 Å². The Labute approximate surface area is 114 Å². The van der Waals surface area contributed by atoms with Gasteiger partial charge in [0.1, 0.15) is 12.2 Å². The number of rotatable bonds is 3. The molecule has 0 fully saturated rings. The molecule has 6 heteroatoms. The van der Waals surface area contributed by atoms with Crippen LogP contribution in [0.15, 0.2) is 29.1 Å². The molecule has 2 rings (SSSR count). The zero-order chi connectivity index (χ0) is 14.9. The molecule has 0 bridgehead atoms. The molecule has 0 amide bonds. The Bertz CT molecular complexity index is 696. The van der Waals surface area contributed by atoms with E-state index in [9.17, 15) is 18.7 Å². The van der Waals surface area contributed by atoms with Crippen molar-refractivity contribution in [2.45, 2.75) is 26.8 Å². The Morgan fingerprint density at radius 3 is 2.55 bits per heavy atom. The highest BCUT2D eigenvalue weighted by atomic mass is 19.3. The van der Waals surface area contributed by atoms with Crippen LogP contribution in [0.4, 0.5) is 8.78 Å². The molecule has 1 aromatic heterocycles. The molecule has 0 saturated heterocycles. The quantitative estimate of drug-likeness (QED) is 0.939. The number of hydrogen-bond donors (Lipinski definition) is 1. The van der Waals surface area contributed by atoms with E-state index in [0.717, 1.165) is 5.56 Å². The fraction of sp³-hybridized carbons (Fsp3) is 0.286. The van der Waals surface area contributed by atoms with Crippen molar-refractivity contribution in [3.8, 4) is 16.9 Å². The highest BCUT2D eigenvalue weighted by Crippen LogP contribution is 2.29. The minimum Gasteiger partial charge on any atom is -0.505 e. The van der Waals surface area contributed by atoms with E-state index in [1.807, 2.05) is 0 Å². The first-order valence-corrected chi connectivity index (χ1v) is 6.06. The summed E-state index contributed by atoms with van der Waals surface area (Å²) in [5.41, 5.74) is 0.722. The van der Waals surface area contributed by atoms with Crippen LogP contribution in [-0.2, 0) is 6.54 Å². The van der Waals surface area contributed by atoms with Crippen molar-refractivity contribution in [1.82, 2.24) is 9.78 Å². The highest BCUT2D eigenvalue weighted by molar-refractivity contribution is 5.72. The van der Waals surface area contributed by atoms with Crippen LogP contribution in [-0.4, -0.2) is 21.3 Å². The smallest absolute Gasteiger partial charge is 0.278 e. The van der Waals surface area contributed by atoms with Gasteiger partial charge in [0.25, 0.3) is 12.0 Å². The Morgan fingerprint density at radius 2 is 1.95 bits per heavy atom. The van der Waals surface area contributed by atoms with Gasteiger partial charge in [0.2, 0.25) is 0 Å². The van der Waals surface area contributed by atoms with Gasteiger partial charge in [0, 0.05) is 0 Å². The Balaban J connectivity index is 2.73. The predicted octanol–water partition coefficient (Wildman–Crippen LogP) is 2.50. The molecule has 106 valence electrons. The van der Waals surface area contributed by atoms with Gasteiger partial charge < -0.3 is 5.11 Å². The van der Waals surface area contributed by atoms with Crippen LogP contribution in [0.5, 0.6) is 5.75 Å². The topological polar surface area (TPSA) is 55.1 Å². The summed E-state index contributed by atoms with van der Waals surface area (Å²) in [5, 5.41) is 13.8. The van der Waals surface area contributed by atoms with Crippen LogP contribution >= 0.6 is 0 Å². The van der Waals surface area contributed by atoms with Gasteiger partial charge in [-0.3, -0.25) is 4.79 Å². The first-order chi connectivity index (χ1) is 9.41. The van der Waals surface area contributed by atoms with Crippen LogP contribution in [0.2, 0.25) is 0 Å². The van der Waals surface area contributed by atoms with E-state index in [4.69, 9.17) is 0 Å². The highest BCUT2D eigenvalue weighted by Gasteiger charge is 2.19. The molecule has 0 aliphatic rings. The van der Waals surface area contributed by atoms with Crippen molar-refractivity contribution >= 4 is 0 Å². The molecule has 20 heavy (non-hydrogen) atoms. The zero-order valence-corrected chi connectivity index (χ0v) is 11.1. The third-order valence-electron chi connectivity index (χ3n) is 3.02. The van der Waals surface area contributed by atoms with Gasteiger partial charge in [-0.25, -0.2) is 13.5 Å². The maximum absolute atomic E-state index is 12.5. The lowest BCUT2D eigenvalue weighted by Gasteiger charge is -2.12. The maximum atomic E-state index is 12.5. The molecule has 1 N–H and O–H groups in total. The molecule has 0 radical (unpaired) electrons. The summed E-state index contributed by atoms with van der Waals surface area (Å²) in [5.74, 6) is -0.269. The van der Waals surface area contributed by atoms with E-state index in [2.05, 4.69) is 5.10 Å². The van der Waals surface area contributed by atoms with Gasteiger partial charge >= 0.3 is 0 Å². The lowest BCUT2D eigenvalue weighted by atomic mass is 10.0. The summed E-state index contributed by atoms with van der Waals surface area (Å²) in [6.45, 7) is 2.46. The molecule has 0 atom stereocenters. The fourth-order valence-electron chi connectivity index (χ4n) is 2.04. The number of hydrogen-bond acceptors (Lipinski definition) is 3. The predicted molar refractivity (Wildman–Crippen MR) is 71.1 cm³/mol. The van der Waals surface area contributed by atoms with E-state index >= 15 is 0 Å². The van der Waals surface area contributed by atoms with E-state index in [-0.39, 0.29) is 17.0 Å². The van der Waals surface area contributed by atoms with Gasteiger partial charge in [-0.05, 0) is 25.0 Å². The number of alkyl halides is 2. The van der Waals surface area contributed by atoms with Crippen molar-refractivity contribution in [2.75, 3.05) is 0 Å². The zero-order valence-electron chi connectivity index (χ0n) is 11.1. The molecular formula is C14H14F2N2O2. The summed E-state index contributed by atoms with van der Waals surface area (Å²) in [6.07, 6.45) is -2.69. The average molecular weight is 280 g/mol. The second kappa shape index (κ2) is 5.40. The Kier molecular flexibility index (Phi) is 3.83. The number of benzene rings is 1. The standard InChI is InChI=1S/C14H14F2N2O2/c1-8-5-3-4-6-10(8)12-13(19)9(2)17-18(14(12)20)7-11(15)16/h3-6,11,19H,7H2,1-2H3. The van der Waals surface area contributed by atoms with Crippen molar-refractivity contribution < 1.29 is 13.9 Å². The van der Waals surface area contributed by atoms with E-state index in [1.165, 1.54) is 6.92 Å². The summed E-state index contributed by atoms with van der Waals surface area (Å²) in [4.78, 5) is 12.2. The van der Waals surface area contributed by atoms with Crippen LogP contribution in [0.3, 0.4) is 0 Å². The second-order valence-electron chi connectivity index (χ2n) is 4.50. The van der Waals surface area contributed by atoms with Gasteiger partial charge in [-0.2, -0.15) is 5.10 Å². The molecule has 0 unspecified atom stereocenters. The maximum Gasteiger partial charge on any atom is 0.278 e. The fourth-order valence-corrected chi connectivity index (χ4v) is 2.04. The van der Waals surface area contributed by atoms with Gasteiger partial charge in [-0.15, -0.1) is 0 Å². The second-order valence-corrected chi connectivity index (χ2v) is 4.50. The Hall–Kier alpha value is -2.24. The number of aromatic nitrogens is 2. The molecule has 1 heterocycles. The van der Waals surface area contributed by atoms with Crippen molar-refractivity contribution in [3.63, 3.8) is 0 Å². The largest absolute Gasteiger partial charge is 0.505 e. The lowest BCUT2D eigenvalue weighted by molar-refractivity contribution is 0.119. The summed E-state index contributed by atoms with van der Waals surface area (Å²) < 4.78 is 25.7. The molecule has 2 aromatic rings. The number of halogens is 2. The van der Waals surface area contributed by atoms with E-state index < -0.39 is 18.5 Å². The molecule has 0 aliphatic carbocycles. The minimum atomic E-state index is -2.69. The van der Waals surface area contributed by atoms with Crippen LogP contribution in [0, 0.1) is 13.8 Å². The summed E-state index contributed by atoms with van der Waals surface area (Å²) in [7, 11) is 0. The SMILES string of the molecule is Cc1ccccc1-c1c(O)c(C)nn(CC(F)F)c1=O. The van der Waals surface area contributed by atoms with Crippen LogP contribution in [0.25, 0.3) is 11.1 Å². The van der Waals surface area contributed by atoms with Crippen molar-refractivity contribution in [1.29, 1.82) is 0 Å². The average Bonchev–Trinajstić information content (AvgIpc) is 2.38. The monoisotopic (exact) mass is 280 g/mol. The molecular weight excluding hydrogens is 266 g/mol. The normalized spacial score (nSPS) is 11.1. The number of nitrogens with zero attached hydrogens (tertiary/aromatic N) is 2. The van der Waals surface area contributed by atoms with Gasteiger partial charge in [0.05, 0.1) is 5.56 Å². The number of aromatic hydroxyl groups is 1. The minimum absolute atomic E-state index is 0.0104. The molecule has 0 saturated carbocycles. The molecule has 0 aliphatic heterocycles. The van der Waals surface area contributed by atoms with E-state index in [0.29, 0.717) is 10.2 Å². The van der Waals surface area contributed by atoms with Crippen molar-refractivity contribution in [2.24, 2.45) is 0 Å². The Morgan fingerprint density at radius 1 is 1.30 bits per heavy atom. The first kappa shape index (κ1) is 14.2. The van der Waals surface area contributed by atoms with Crippen LogP contribution in [0.1, 0.15) is 11.3 Å².